The molecule has 0 saturated carbocycles. The number of benzene rings is 1. The Morgan fingerprint density at radius 3 is 2.61 bits per heavy atom. The van der Waals surface area contributed by atoms with Crippen LogP contribution in [0.5, 0.6) is 5.75 Å². The molecule has 0 saturated heterocycles. The molecule has 0 aliphatic heterocycles. The third-order valence-corrected chi connectivity index (χ3v) is 2.28. The summed E-state index contributed by atoms with van der Waals surface area (Å²) in [5, 5.41) is 12.1. The molecule has 0 aromatic heterocycles. The minimum absolute atomic E-state index is 0.0613. The van der Waals surface area contributed by atoms with Crippen molar-refractivity contribution in [3.63, 3.8) is 0 Å². The Kier molecular flexibility index (Phi) is 5.65. The second-order valence-corrected chi connectivity index (χ2v) is 4.85. The lowest BCUT2D eigenvalue weighted by atomic mass is 10.1. The van der Waals surface area contributed by atoms with Gasteiger partial charge in [-0.05, 0) is 32.4 Å². The van der Waals surface area contributed by atoms with Gasteiger partial charge < -0.3 is 15.2 Å². The summed E-state index contributed by atoms with van der Waals surface area (Å²) in [6.07, 6.45) is 1.06. The number of hydrogen-bond donors (Lipinski definition) is 2. The SMILES string of the molecule is CC(C)(O)CNC(=O)CCCOc1ccccc1. The normalized spacial score (nSPS) is 11.1. The van der Waals surface area contributed by atoms with Gasteiger partial charge in [-0.1, -0.05) is 18.2 Å². The van der Waals surface area contributed by atoms with Crippen molar-refractivity contribution in [1.29, 1.82) is 0 Å². The lowest BCUT2D eigenvalue weighted by Crippen LogP contribution is -2.38. The van der Waals surface area contributed by atoms with Crippen molar-refractivity contribution in [2.75, 3.05) is 13.2 Å². The molecule has 1 aromatic rings. The van der Waals surface area contributed by atoms with Crippen molar-refractivity contribution >= 4 is 5.91 Å². The molecule has 4 nitrogen and oxygen atoms in total. The zero-order chi connectivity index (χ0) is 13.4. The van der Waals surface area contributed by atoms with E-state index in [1.165, 1.54) is 0 Å². The van der Waals surface area contributed by atoms with E-state index < -0.39 is 5.60 Å². The molecule has 0 spiro atoms. The Hall–Kier alpha value is -1.55. The highest BCUT2D eigenvalue weighted by Gasteiger charge is 2.13. The molecule has 0 heterocycles. The van der Waals surface area contributed by atoms with Gasteiger partial charge in [-0.25, -0.2) is 0 Å². The third kappa shape index (κ3) is 6.91. The molecule has 1 aromatic carbocycles. The largest absolute Gasteiger partial charge is 0.494 e. The Morgan fingerprint density at radius 1 is 1.33 bits per heavy atom. The first-order valence-corrected chi connectivity index (χ1v) is 6.14. The number of aliphatic hydroxyl groups is 1. The molecule has 0 fully saturated rings. The molecular weight excluding hydrogens is 230 g/mol. The molecule has 18 heavy (non-hydrogen) atoms. The number of para-hydroxylation sites is 1. The molecule has 2 N–H and O–H groups in total. The van der Waals surface area contributed by atoms with Crippen LogP contribution in [0, 0.1) is 0 Å². The van der Waals surface area contributed by atoms with Gasteiger partial charge in [-0.15, -0.1) is 0 Å². The second-order valence-electron chi connectivity index (χ2n) is 4.85. The first-order valence-electron chi connectivity index (χ1n) is 6.14. The van der Waals surface area contributed by atoms with E-state index in [-0.39, 0.29) is 12.5 Å². The van der Waals surface area contributed by atoms with Crippen molar-refractivity contribution < 1.29 is 14.6 Å². The molecule has 0 unspecified atom stereocenters. The maximum atomic E-state index is 11.4. The summed E-state index contributed by atoms with van der Waals surface area (Å²) >= 11 is 0. The molecule has 0 atom stereocenters. The third-order valence-electron chi connectivity index (χ3n) is 2.28. The van der Waals surface area contributed by atoms with Crippen molar-refractivity contribution in [3.8, 4) is 5.75 Å². The van der Waals surface area contributed by atoms with Gasteiger partial charge in [0, 0.05) is 13.0 Å². The number of carbonyl (C=O) groups is 1. The zero-order valence-electron chi connectivity index (χ0n) is 11.0. The van der Waals surface area contributed by atoms with Crippen molar-refractivity contribution in [1.82, 2.24) is 5.32 Å². The van der Waals surface area contributed by atoms with E-state index in [9.17, 15) is 9.90 Å². The highest BCUT2D eigenvalue weighted by atomic mass is 16.5. The Morgan fingerprint density at radius 2 is 2.00 bits per heavy atom. The van der Waals surface area contributed by atoms with Gasteiger partial charge in [0.25, 0.3) is 0 Å². The van der Waals surface area contributed by atoms with Crippen LogP contribution in [0.3, 0.4) is 0 Å². The van der Waals surface area contributed by atoms with Crippen molar-refractivity contribution in [2.45, 2.75) is 32.3 Å². The highest BCUT2D eigenvalue weighted by molar-refractivity contribution is 5.75. The smallest absolute Gasteiger partial charge is 0.220 e. The molecule has 0 aliphatic carbocycles. The van der Waals surface area contributed by atoms with E-state index >= 15 is 0 Å². The van der Waals surface area contributed by atoms with Crippen LogP contribution in [0.2, 0.25) is 0 Å². The summed E-state index contributed by atoms with van der Waals surface area (Å²) in [6.45, 7) is 4.10. The van der Waals surface area contributed by atoms with E-state index in [4.69, 9.17) is 4.74 Å². The van der Waals surface area contributed by atoms with Crippen LogP contribution in [0.4, 0.5) is 0 Å². The first-order chi connectivity index (χ1) is 8.47. The molecule has 100 valence electrons. The van der Waals surface area contributed by atoms with Gasteiger partial charge in [0.1, 0.15) is 5.75 Å². The average molecular weight is 251 g/mol. The molecule has 0 radical (unpaired) electrons. The molecule has 1 amide bonds. The molecule has 0 aliphatic rings. The topological polar surface area (TPSA) is 58.6 Å². The van der Waals surface area contributed by atoms with Crippen LogP contribution in [0.1, 0.15) is 26.7 Å². The first kappa shape index (κ1) is 14.5. The summed E-state index contributed by atoms with van der Waals surface area (Å²) in [4.78, 5) is 11.4. The lowest BCUT2D eigenvalue weighted by Gasteiger charge is -2.17. The summed E-state index contributed by atoms with van der Waals surface area (Å²) in [5.74, 6) is 0.753. The van der Waals surface area contributed by atoms with Crippen LogP contribution >= 0.6 is 0 Å². The second kappa shape index (κ2) is 7.01. The highest BCUT2D eigenvalue weighted by Crippen LogP contribution is 2.08. The van der Waals surface area contributed by atoms with E-state index in [2.05, 4.69) is 5.32 Å². The van der Waals surface area contributed by atoms with Gasteiger partial charge in [-0.3, -0.25) is 4.79 Å². The molecular formula is C14H21NO3. The molecule has 0 bridgehead atoms. The number of carbonyl (C=O) groups excluding carboxylic acids is 1. The fourth-order valence-electron chi connectivity index (χ4n) is 1.34. The van der Waals surface area contributed by atoms with Gasteiger partial charge in [0.2, 0.25) is 5.91 Å². The average Bonchev–Trinajstić information content (AvgIpc) is 2.33. The van der Waals surface area contributed by atoms with Crippen LogP contribution in [0.15, 0.2) is 30.3 Å². The predicted octanol–water partition coefficient (Wildman–Crippen LogP) is 1.73. The summed E-state index contributed by atoms with van der Waals surface area (Å²) in [5.41, 5.74) is -0.865. The van der Waals surface area contributed by atoms with E-state index in [1.54, 1.807) is 13.8 Å². The Labute approximate surface area is 108 Å². The molecule has 4 heteroatoms. The summed E-state index contributed by atoms with van der Waals surface area (Å²) in [7, 11) is 0. The van der Waals surface area contributed by atoms with Crippen molar-refractivity contribution in [2.24, 2.45) is 0 Å². The monoisotopic (exact) mass is 251 g/mol. The number of nitrogens with one attached hydrogen (secondary N) is 1. The van der Waals surface area contributed by atoms with Crippen LogP contribution in [-0.2, 0) is 4.79 Å². The Balaban J connectivity index is 2.09. The molecule has 1 rings (SSSR count). The van der Waals surface area contributed by atoms with Gasteiger partial charge in [0.05, 0.1) is 12.2 Å². The van der Waals surface area contributed by atoms with Crippen LogP contribution < -0.4 is 10.1 Å². The number of amides is 1. The summed E-state index contributed by atoms with van der Waals surface area (Å²) < 4.78 is 5.47. The minimum atomic E-state index is -0.865. The minimum Gasteiger partial charge on any atom is -0.494 e. The number of rotatable bonds is 7. The van der Waals surface area contributed by atoms with Gasteiger partial charge >= 0.3 is 0 Å². The fraction of sp³-hybridized carbons (Fsp3) is 0.500. The standard InChI is InChI=1S/C14H21NO3/c1-14(2,17)11-15-13(16)9-6-10-18-12-7-4-3-5-8-12/h3-5,7-8,17H,6,9-11H2,1-2H3,(H,15,16). The van der Waals surface area contributed by atoms with E-state index in [0.29, 0.717) is 19.4 Å². The maximum absolute atomic E-state index is 11.4. The van der Waals surface area contributed by atoms with Crippen LogP contribution in [-0.4, -0.2) is 29.8 Å². The van der Waals surface area contributed by atoms with Crippen molar-refractivity contribution in [3.05, 3.63) is 30.3 Å². The van der Waals surface area contributed by atoms with Gasteiger partial charge in [0.15, 0.2) is 0 Å². The number of ether oxygens (including phenoxy) is 1. The maximum Gasteiger partial charge on any atom is 0.220 e. The number of hydrogen-bond acceptors (Lipinski definition) is 3. The fourth-order valence-corrected chi connectivity index (χ4v) is 1.34. The predicted molar refractivity (Wildman–Crippen MR) is 70.5 cm³/mol. The summed E-state index contributed by atoms with van der Waals surface area (Å²) in [6, 6.07) is 9.51. The van der Waals surface area contributed by atoms with E-state index in [0.717, 1.165) is 5.75 Å². The quantitative estimate of drug-likeness (QED) is 0.726. The van der Waals surface area contributed by atoms with E-state index in [1.807, 2.05) is 30.3 Å². The van der Waals surface area contributed by atoms with Crippen LogP contribution in [0.25, 0.3) is 0 Å². The Bertz CT molecular complexity index is 357. The van der Waals surface area contributed by atoms with Gasteiger partial charge in [-0.2, -0.15) is 0 Å². The lowest BCUT2D eigenvalue weighted by molar-refractivity contribution is -0.122. The zero-order valence-corrected chi connectivity index (χ0v) is 11.0.